The van der Waals surface area contributed by atoms with Gasteiger partial charge in [0, 0.05) is 26.1 Å². The number of anilines is 1. The van der Waals surface area contributed by atoms with Gasteiger partial charge in [0.15, 0.2) is 0 Å². The number of hydrogen-bond donors (Lipinski definition) is 1. The minimum atomic E-state index is -0.547. The number of nitrogens with zero attached hydrogens (tertiary/aromatic N) is 2. The van der Waals surface area contributed by atoms with Crippen LogP contribution in [0.3, 0.4) is 0 Å². The molecule has 2 saturated heterocycles. The number of amides is 1. The highest BCUT2D eigenvalue weighted by Gasteiger charge is 2.30. The van der Waals surface area contributed by atoms with Crippen molar-refractivity contribution in [1.82, 2.24) is 10.3 Å². The van der Waals surface area contributed by atoms with Crippen LogP contribution in [0.4, 0.5) is 10.1 Å². The number of halogens is 1. The van der Waals surface area contributed by atoms with Crippen molar-refractivity contribution < 1.29 is 28.1 Å². The largest absolute Gasteiger partial charge is 0.476 e. The Kier molecular flexibility index (Phi) is 8.24. The van der Waals surface area contributed by atoms with E-state index in [0.29, 0.717) is 31.6 Å². The number of carbonyl (C=O) groups excluding carboxylic acids is 1. The lowest BCUT2D eigenvalue weighted by Gasteiger charge is -2.40. The molecule has 9 heteroatoms. The molecule has 0 bridgehead atoms. The van der Waals surface area contributed by atoms with E-state index in [4.69, 9.17) is 18.9 Å². The first-order valence-corrected chi connectivity index (χ1v) is 10.5. The summed E-state index contributed by atoms with van der Waals surface area (Å²) in [6.45, 7) is 7.06. The van der Waals surface area contributed by atoms with Gasteiger partial charge in [-0.2, -0.15) is 0 Å². The highest BCUT2D eigenvalue weighted by atomic mass is 19.1. The molecular weight excluding hydrogens is 393 g/mol. The van der Waals surface area contributed by atoms with Gasteiger partial charge in [-0.25, -0.2) is 9.37 Å². The third-order valence-corrected chi connectivity index (χ3v) is 5.40. The number of rotatable bonds is 12. The van der Waals surface area contributed by atoms with Crippen molar-refractivity contribution in [3.63, 3.8) is 0 Å². The molecule has 2 aliphatic rings. The fourth-order valence-electron chi connectivity index (χ4n) is 3.18. The van der Waals surface area contributed by atoms with E-state index >= 15 is 0 Å². The Labute approximate surface area is 177 Å². The van der Waals surface area contributed by atoms with Gasteiger partial charge in [0.05, 0.1) is 45.2 Å². The van der Waals surface area contributed by atoms with Crippen molar-refractivity contribution in [3.05, 3.63) is 17.8 Å². The van der Waals surface area contributed by atoms with Crippen LogP contribution in [0.15, 0.2) is 12.1 Å². The Balaban J connectivity index is 1.69. The molecule has 0 aromatic carbocycles. The fraction of sp³-hybridized carbons (Fsp3) is 0.714. The molecule has 0 radical (unpaired) electrons. The van der Waals surface area contributed by atoms with Crippen molar-refractivity contribution >= 4 is 11.6 Å². The molecule has 1 aromatic heterocycles. The average Bonchev–Trinajstić information content (AvgIpc) is 2.65. The summed E-state index contributed by atoms with van der Waals surface area (Å²) in [6, 6.07) is 3.33. The summed E-state index contributed by atoms with van der Waals surface area (Å²) < 4.78 is 34.1. The third kappa shape index (κ3) is 5.80. The molecule has 1 N–H and O–H groups in total. The van der Waals surface area contributed by atoms with E-state index in [1.165, 1.54) is 0 Å². The Hall–Kier alpha value is -1.97. The van der Waals surface area contributed by atoms with Crippen LogP contribution in [0.25, 0.3) is 0 Å². The van der Waals surface area contributed by atoms with E-state index in [-0.39, 0.29) is 42.9 Å². The van der Waals surface area contributed by atoms with E-state index < -0.39 is 6.67 Å². The molecule has 2 aliphatic heterocycles. The van der Waals surface area contributed by atoms with Crippen molar-refractivity contribution in [3.8, 4) is 5.88 Å². The number of nitrogens with one attached hydrogen (secondary N) is 1. The summed E-state index contributed by atoms with van der Waals surface area (Å²) in [4.78, 5) is 19.4. The maximum Gasteiger partial charge on any atom is 0.270 e. The highest BCUT2D eigenvalue weighted by molar-refractivity contribution is 5.93. The van der Waals surface area contributed by atoms with Crippen LogP contribution >= 0.6 is 0 Å². The van der Waals surface area contributed by atoms with Crippen molar-refractivity contribution in [2.75, 3.05) is 64.8 Å². The van der Waals surface area contributed by atoms with Gasteiger partial charge in [-0.05, 0) is 18.1 Å². The Morgan fingerprint density at radius 2 is 2.13 bits per heavy atom. The first-order chi connectivity index (χ1) is 14.5. The molecule has 168 valence electrons. The Bertz CT molecular complexity index is 695. The molecule has 8 nitrogen and oxygen atoms in total. The van der Waals surface area contributed by atoms with E-state index in [2.05, 4.69) is 15.2 Å². The molecule has 2 fully saturated rings. The second-order valence-corrected chi connectivity index (χ2v) is 8.09. The van der Waals surface area contributed by atoms with Crippen LogP contribution in [0.1, 0.15) is 24.3 Å². The SMILES string of the molecule is COC1CN(c2ccc(C(=O)NC(COCCF)C(C)C)nc2OCC2COC2)C1. The predicted octanol–water partition coefficient (Wildman–Crippen LogP) is 1.68. The monoisotopic (exact) mass is 425 g/mol. The first-order valence-electron chi connectivity index (χ1n) is 10.5. The van der Waals surface area contributed by atoms with Gasteiger partial charge in [0.2, 0.25) is 5.88 Å². The number of carbonyl (C=O) groups is 1. The smallest absolute Gasteiger partial charge is 0.270 e. The van der Waals surface area contributed by atoms with Gasteiger partial charge >= 0.3 is 0 Å². The van der Waals surface area contributed by atoms with Crippen molar-refractivity contribution in [1.29, 1.82) is 0 Å². The normalized spacial score (nSPS) is 18.1. The van der Waals surface area contributed by atoms with Crippen LogP contribution in [0.5, 0.6) is 5.88 Å². The molecule has 3 heterocycles. The fourth-order valence-corrected chi connectivity index (χ4v) is 3.18. The van der Waals surface area contributed by atoms with Crippen LogP contribution in [-0.2, 0) is 14.2 Å². The number of ether oxygens (including phenoxy) is 4. The lowest BCUT2D eigenvalue weighted by atomic mass is 10.1. The lowest BCUT2D eigenvalue weighted by molar-refractivity contribution is -0.0514. The summed E-state index contributed by atoms with van der Waals surface area (Å²) in [6.07, 6.45) is 0.192. The standard InChI is InChI=1S/C21H32FN3O5/c1-14(2)18(13-28-7-6-22)23-20(26)17-4-5-19(25-8-16(9-25)27-3)21(24-17)30-12-15-10-29-11-15/h4-5,14-16,18H,6-13H2,1-3H3,(H,23,26). The number of alkyl halides is 1. The van der Waals surface area contributed by atoms with Gasteiger partial charge < -0.3 is 29.2 Å². The first kappa shape index (κ1) is 22.7. The van der Waals surface area contributed by atoms with Gasteiger partial charge in [0.25, 0.3) is 5.91 Å². The zero-order chi connectivity index (χ0) is 21.5. The number of methoxy groups -OCH3 is 1. The molecule has 0 aliphatic carbocycles. The quantitative estimate of drug-likeness (QED) is 0.510. The van der Waals surface area contributed by atoms with Gasteiger partial charge in [0.1, 0.15) is 18.1 Å². The van der Waals surface area contributed by atoms with Crippen LogP contribution in [-0.4, -0.2) is 82.9 Å². The molecule has 1 aromatic rings. The summed E-state index contributed by atoms with van der Waals surface area (Å²) in [5.74, 6) is 0.616. The maximum atomic E-state index is 12.8. The molecule has 0 saturated carbocycles. The van der Waals surface area contributed by atoms with Crippen molar-refractivity contribution in [2.24, 2.45) is 11.8 Å². The molecule has 1 amide bonds. The summed E-state index contributed by atoms with van der Waals surface area (Å²) in [5.41, 5.74) is 1.13. The van der Waals surface area contributed by atoms with Crippen molar-refractivity contribution in [2.45, 2.75) is 26.0 Å². The van der Waals surface area contributed by atoms with E-state index in [1.807, 2.05) is 19.9 Å². The molecular formula is C21H32FN3O5. The summed E-state index contributed by atoms with van der Waals surface area (Å²) in [7, 11) is 1.70. The Morgan fingerprint density at radius 3 is 2.73 bits per heavy atom. The predicted molar refractivity (Wildman–Crippen MR) is 110 cm³/mol. The number of hydrogen-bond acceptors (Lipinski definition) is 7. The third-order valence-electron chi connectivity index (χ3n) is 5.40. The highest BCUT2D eigenvalue weighted by Crippen LogP contribution is 2.31. The lowest BCUT2D eigenvalue weighted by Crippen LogP contribution is -2.52. The molecule has 3 rings (SSSR count). The van der Waals surface area contributed by atoms with Crippen LogP contribution in [0, 0.1) is 11.8 Å². The minimum Gasteiger partial charge on any atom is -0.476 e. The van der Waals surface area contributed by atoms with E-state index in [9.17, 15) is 9.18 Å². The second-order valence-electron chi connectivity index (χ2n) is 8.09. The van der Waals surface area contributed by atoms with Crippen LogP contribution in [0.2, 0.25) is 0 Å². The zero-order valence-electron chi connectivity index (χ0n) is 17.9. The number of pyridine rings is 1. The summed E-state index contributed by atoms with van der Waals surface area (Å²) in [5, 5.41) is 2.94. The van der Waals surface area contributed by atoms with E-state index in [1.54, 1.807) is 13.2 Å². The van der Waals surface area contributed by atoms with Gasteiger partial charge in [-0.3, -0.25) is 4.79 Å². The summed E-state index contributed by atoms with van der Waals surface area (Å²) >= 11 is 0. The molecule has 1 unspecified atom stereocenters. The topological polar surface area (TPSA) is 82.2 Å². The minimum absolute atomic E-state index is 0.0210. The second kappa shape index (κ2) is 10.9. The zero-order valence-corrected chi connectivity index (χ0v) is 17.9. The number of aromatic nitrogens is 1. The molecule has 0 spiro atoms. The molecule has 1 atom stereocenters. The molecule has 30 heavy (non-hydrogen) atoms. The maximum absolute atomic E-state index is 12.8. The van der Waals surface area contributed by atoms with Gasteiger partial charge in [-0.15, -0.1) is 0 Å². The van der Waals surface area contributed by atoms with Gasteiger partial charge in [-0.1, -0.05) is 13.8 Å². The van der Waals surface area contributed by atoms with Crippen LogP contribution < -0.4 is 15.0 Å². The Morgan fingerprint density at radius 1 is 1.37 bits per heavy atom. The average molecular weight is 426 g/mol. The van der Waals surface area contributed by atoms with E-state index in [0.717, 1.165) is 18.8 Å².